The van der Waals surface area contributed by atoms with Gasteiger partial charge in [0.15, 0.2) is 0 Å². The number of methoxy groups -OCH3 is 1. The van der Waals surface area contributed by atoms with Crippen molar-refractivity contribution >= 4 is 0 Å². The lowest BCUT2D eigenvalue weighted by molar-refractivity contribution is -0.0393. The molecule has 0 aliphatic heterocycles. The van der Waals surface area contributed by atoms with Crippen LogP contribution in [0.4, 0.5) is 0 Å². The smallest absolute Gasteiger partial charge is 0.119 e. The predicted molar refractivity (Wildman–Crippen MR) is 109 cm³/mol. The summed E-state index contributed by atoms with van der Waals surface area (Å²) in [6, 6.07) is 18.0. The van der Waals surface area contributed by atoms with Crippen LogP contribution in [-0.2, 0) is 5.60 Å². The zero-order chi connectivity index (χ0) is 19.7. The molecule has 0 saturated heterocycles. The second-order valence-corrected chi connectivity index (χ2v) is 7.65. The second-order valence-electron chi connectivity index (χ2n) is 7.65. The first-order valence-corrected chi connectivity index (χ1v) is 9.71. The predicted octanol–water partition coefficient (Wildman–Crippen LogP) is 3.98. The largest absolute Gasteiger partial charge is 0.497 e. The number of aromatic nitrogens is 2. The van der Waals surface area contributed by atoms with Gasteiger partial charge in [-0.15, -0.1) is 0 Å². The van der Waals surface area contributed by atoms with Gasteiger partial charge in [-0.25, -0.2) is 4.68 Å². The average Bonchev–Trinajstić information content (AvgIpc) is 3.17. The van der Waals surface area contributed by atoms with Gasteiger partial charge in [0.2, 0.25) is 0 Å². The second kappa shape index (κ2) is 7.41. The van der Waals surface area contributed by atoms with Gasteiger partial charge in [-0.3, -0.25) is 0 Å². The molecule has 4 rings (SSSR count). The monoisotopic (exact) mass is 378 g/mol. The molecule has 1 aliphatic carbocycles. The van der Waals surface area contributed by atoms with Crippen LogP contribution in [0.15, 0.2) is 54.6 Å². The number of hydrogen-bond acceptors (Lipinski definition) is 4. The Morgan fingerprint density at radius 2 is 1.68 bits per heavy atom. The Kier molecular flexibility index (Phi) is 4.96. The molecule has 5 nitrogen and oxygen atoms in total. The Labute approximate surface area is 165 Å². The van der Waals surface area contributed by atoms with Gasteiger partial charge in [-0.1, -0.05) is 29.8 Å². The highest BCUT2D eigenvalue weighted by atomic mass is 16.5. The van der Waals surface area contributed by atoms with Crippen LogP contribution < -0.4 is 4.74 Å². The molecule has 28 heavy (non-hydrogen) atoms. The summed E-state index contributed by atoms with van der Waals surface area (Å²) < 4.78 is 7.14. The van der Waals surface area contributed by atoms with E-state index in [0.29, 0.717) is 31.4 Å². The van der Waals surface area contributed by atoms with Crippen molar-refractivity contribution in [2.45, 2.75) is 44.3 Å². The van der Waals surface area contributed by atoms with Gasteiger partial charge < -0.3 is 14.9 Å². The van der Waals surface area contributed by atoms with E-state index < -0.39 is 5.60 Å². The molecule has 0 radical (unpaired) electrons. The molecule has 1 saturated carbocycles. The number of nitrogens with zero attached hydrogens (tertiary/aromatic N) is 2. The normalized spacial score (nSPS) is 22.2. The van der Waals surface area contributed by atoms with E-state index >= 15 is 0 Å². The van der Waals surface area contributed by atoms with Crippen molar-refractivity contribution < 1.29 is 14.9 Å². The van der Waals surface area contributed by atoms with E-state index in [2.05, 4.69) is 31.2 Å². The summed E-state index contributed by atoms with van der Waals surface area (Å²) in [5, 5.41) is 25.8. The lowest BCUT2D eigenvalue weighted by Gasteiger charge is -2.32. The molecule has 1 aromatic heterocycles. The van der Waals surface area contributed by atoms with Crippen molar-refractivity contribution in [3.05, 3.63) is 65.9 Å². The molecule has 0 spiro atoms. The maximum atomic E-state index is 11.2. The van der Waals surface area contributed by atoms with Gasteiger partial charge in [-0.2, -0.15) is 5.10 Å². The highest BCUT2D eigenvalue weighted by molar-refractivity contribution is 5.63. The highest BCUT2D eigenvalue weighted by Gasteiger charge is 2.37. The van der Waals surface area contributed by atoms with Crippen molar-refractivity contribution in [3.63, 3.8) is 0 Å². The fraction of sp³-hybridized carbons (Fsp3) is 0.348. The number of aryl methyl sites for hydroxylation is 1. The van der Waals surface area contributed by atoms with Gasteiger partial charge in [0, 0.05) is 5.56 Å². The maximum absolute atomic E-state index is 11.2. The van der Waals surface area contributed by atoms with Gasteiger partial charge >= 0.3 is 0 Å². The van der Waals surface area contributed by atoms with Crippen LogP contribution in [-0.4, -0.2) is 33.2 Å². The lowest BCUT2D eigenvalue weighted by atomic mass is 9.81. The van der Waals surface area contributed by atoms with Gasteiger partial charge in [-0.05, 0) is 62.9 Å². The maximum Gasteiger partial charge on any atom is 0.119 e. The molecule has 1 heterocycles. The quantitative estimate of drug-likeness (QED) is 0.721. The SMILES string of the molecule is COc1ccc(-n2nc([C@]3(O)CC[C@@H](O)CC3)cc2-c2ccc(C)cc2)cc1. The minimum atomic E-state index is -1.00. The molecule has 0 atom stereocenters. The first-order chi connectivity index (χ1) is 13.5. The molecule has 0 bridgehead atoms. The Morgan fingerprint density at radius 3 is 2.29 bits per heavy atom. The minimum absolute atomic E-state index is 0.333. The summed E-state index contributed by atoms with van der Waals surface area (Å²) in [4.78, 5) is 0. The van der Waals surface area contributed by atoms with Crippen LogP contribution in [0.2, 0.25) is 0 Å². The lowest BCUT2D eigenvalue weighted by Crippen LogP contribution is -2.33. The van der Waals surface area contributed by atoms with Crippen LogP contribution >= 0.6 is 0 Å². The molecular weight excluding hydrogens is 352 g/mol. The average molecular weight is 378 g/mol. The van der Waals surface area contributed by atoms with Gasteiger partial charge in [0.1, 0.15) is 11.4 Å². The van der Waals surface area contributed by atoms with Crippen molar-refractivity contribution in [2.24, 2.45) is 0 Å². The topological polar surface area (TPSA) is 67.5 Å². The van der Waals surface area contributed by atoms with Crippen molar-refractivity contribution in [2.75, 3.05) is 7.11 Å². The van der Waals surface area contributed by atoms with Crippen LogP contribution in [0.5, 0.6) is 5.75 Å². The number of hydrogen-bond donors (Lipinski definition) is 2. The van der Waals surface area contributed by atoms with Gasteiger partial charge in [0.05, 0.1) is 30.3 Å². The summed E-state index contributed by atoms with van der Waals surface area (Å²) in [5.41, 5.74) is 3.72. The first-order valence-electron chi connectivity index (χ1n) is 9.71. The van der Waals surface area contributed by atoms with Crippen LogP contribution in [0.25, 0.3) is 16.9 Å². The Hall–Kier alpha value is -2.63. The number of aliphatic hydroxyl groups is 2. The van der Waals surface area contributed by atoms with E-state index in [1.165, 1.54) is 5.56 Å². The van der Waals surface area contributed by atoms with Crippen molar-refractivity contribution in [1.82, 2.24) is 9.78 Å². The van der Waals surface area contributed by atoms with E-state index in [-0.39, 0.29) is 6.10 Å². The minimum Gasteiger partial charge on any atom is -0.497 e. The molecule has 0 unspecified atom stereocenters. The van der Waals surface area contributed by atoms with Crippen LogP contribution in [0.1, 0.15) is 36.9 Å². The van der Waals surface area contributed by atoms with Crippen molar-refractivity contribution in [1.29, 1.82) is 0 Å². The van der Waals surface area contributed by atoms with E-state index in [0.717, 1.165) is 22.7 Å². The molecule has 3 aromatic rings. The Bertz CT molecular complexity index is 937. The molecule has 146 valence electrons. The molecule has 1 aliphatic rings. The van der Waals surface area contributed by atoms with Gasteiger partial charge in [0.25, 0.3) is 0 Å². The summed E-state index contributed by atoms with van der Waals surface area (Å²) in [6.07, 6.45) is 1.88. The zero-order valence-electron chi connectivity index (χ0n) is 16.3. The third kappa shape index (κ3) is 3.55. The molecular formula is C23H26N2O3. The molecule has 0 amide bonds. The number of rotatable bonds is 4. The van der Waals surface area contributed by atoms with Crippen molar-refractivity contribution in [3.8, 4) is 22.7 Å². The van der Waals surface area contributed by atoms with Crippen LogP contribution in [0, 0.1) is 6.92 Å². The van der Waals surface area contributed by atoms with E-state index in [9.17, 15) is 10.2 Å². The highest BCUT2D eigenvalue weighted by Crippen LogP contribution is 2.38. The first kappa shape index (κ1) is 18.7. The fourth-order valence-electron chi connectivity index (χ4n) is 3.79. The third-order valence-electron chi connectivity index (χ3n) is 5.63. The van der Waals surface area contributed by atoms with Crippen LogP contribution in [0.3, 0.4) is 0 Å². The van der Waals surface area contributed by atoms with E-state index in [1.807, 2.05) is 35.0 Å². The summed E-state index contributed by atoms with van der Waals surface area (Å²) in [7, 11) is 1.64. The number of ether oxygens (including phenoxy) is 1. The van der Waals surface area contributed by atoms with E-state index in [1.54, 1.807) is 7.11 Å². The molecule has 1 fully saturated rings. The summed E-state index contributed by atoms with van der Waals surface area (Å²) in [5.74, 6) is 0.785. The third-order valence-corrected chi connectivity index (χ3v) is 5.63. The number of benzene rings is 2. The standard InChI is InChI=1S/C23H26N2O3/c1-16-3-5-17(6-4-16)21-15-22(23(27)13-11-19(26)12-14-23)24-25(21)18-7-9-20(28-2)10-8-18/h3-10,15,19,26-27H,11-14H2,1-2H3/t19-,23+. The van der Waals surface area contributed by atoms with E-state index in [4.69, 9.17) is 9.84 Å². The summed E-state index contributed by atoms with van der Waals surface area (Å²) in [6.45, 7) is 2.06. The Morgan fingerprint density at radius 1 is 1.04 bits per heavy atom. The Balaban J connectivity index is 1.80. The zero-order valence-corrected chi connectivity index (χ0v) is 16.3. The number of aliphatic hydroxyl groups excluding tert-OH is 1. The molecule has 2 N–H and O–H groups in total. The molecule has 2 aromatic carbocycles. The summed E-state index contributed by atoms with van der Waals surface area (Å²) >= 11 is 0. The molecule has 5 heteroatoms. The fourth-order valence-corrected chi connectivity index (χ4v) is 3.79.